The van der Waals surface area contributed by atoms with Crippen LogP contribution >= 0.6 is 11.3 Å². The molecule has 0 bridgehead atoms. The fraction of sp³-hybridized carbons (Fsp3) is 0.353. The number of carbonyl (C=O) groups is 2. The minimum absolute atomic E-state index is 0.273. The molecule has 2 unspecified atom stereocenters. The Morgan fingerprint density at radius 3 is 2.78 bits per heavy atom. The van der Waals surface area contributed by atoms with Crippen LogP contribution in [0.3, 0.4) is 0 Å². The van der Waals surface area contributed by atoms with E-state index >= 15 is 0 Å². The van der Waals surface area contributed by atoms with Crippen molar-refractivity contribution in [3.63, 3.8) is 0 Å². The third kappa shape index (κ3) is 2.86. The maximum absolute atomic E-state index is 12.7. The van der Waals surface area contributed by atoms with Gasteiger partial charge in [0.2, 0.25) is 5.91 Å². The summed E-state index contributed by atoms with van der Waals surface area (Å²) in [4.78, 5) is 30.0. The summed E-state index contributed by atoms with van der Waals surface area (Å²) in [5.74, 6) is -1.72. The van der Waals surface area contributed by atoms with E-state index < -0.39 is 11.5 Å². The zero-order chi connectivity index (χ0) is 16.4. The standard InChI is InChI=1S/C17H18N2O3S/c1-17(16(21)22,11-6-3-2-4-7-11)19-15(20)12-8-5-9-13-14(12)18-10-23-13/h2-4,6-7,10,12H,5,8-9H2,1H3,(H,19,20)(H,21,22). The van der Waals surface area contributed by atoms with Crippen molar-refractivity contribution in [2.45, 2.75) is 37.6 Å². The molecule has 1 aliphatic rings. The fourth-order valence-electron chi connectivity index (χ4n) is 2.96. The third-order valence-electron chi connectivity index (χ3n) is 4.37. The van der Waals surface area contributed by atoms with Gasteiger partial charge in [-0.2, -0.15) is 0 Å². The zero-order valence-corrected chi connectivity index (χ0v) is 13.6. The lowest BCUT2D eigenvalue weighted by Crippen LogP contribution is -2.51. The molecule has 0 saturated carbocycles. The lowest BCUT2D eigenvalue weighted by molar-refractivity contribution is -0.147. The highest BCUT2D eigenvalue weighted by Crippen LogP contribution is 2.34. The monoisotopic (exact) mass is 330 g/mol. The molecule has 2 atom stereocenters. The van der Waals surface area contributed by atoms with E-state index in [0.717, 1.165) is 23.4 Å². The number of aromatic nitrogens is 1. The van der Waals surface area contributed by atoms with Gasteiger partial charge in [-0.15, -0.1) is 11.3 Å². The number of aliphatic carboxylic acids is 1. The van der Waals surface area contributed by atoms with Crippen molar-refractivity contribution in [3.05, 3.63) is 52.0 Å². The summed E-state index contributed by atoms with van der Waals surface area (Å²) < 4.78 is 0. The van der Waals surface area contributed by atoms with Crippen molar-refractivity contribution in [1.29, 1.82) is 0 Å². The van der Waals surface area contributed by atoms with Crippen LogP contribution in [0.2, 0.25) is 0 Å². The van der Waals surface area contributed by atoms with E-state index in [1.165, 1.54) is 6.92 Å². The molecule has 2 N–H and O–H groups in total. The summed E-state index contributed by atoms with van der Waals surface area (Å²) in [6.45, 7) is 1.52. The second kappa shape index (κ2) is 6.12. The Kier molecular flexibility index (Phi) is 4.17. The number of thiazole rings is 1. The Hall–Kier alpha value is -2.21. The molecule has 1 aromatic heterocycles. The number of benzene rings is 1. The highest BCUT2D eigenvalue weighted by Gasteiger charge is 2.40. The number of aryl methyl sites for hydroxylation is 1. The number of rotatable bonds is 4. The maximum Gasteiger partial charge on any atom is 0.333 e. The summed E-state index contributed by atoms with van der Waals surface area (Å²) in [5.41, 5.74) is 1.66. The van der Waals surface area contributed by atoms with Crippen LogP contribution < -0.4 is 5.32 Å². The molecule has 1 aliphatic carbocycles. The highest BCUT2D eigenvalue weighted by molar-refractivity contribution is 7.09. The van der Waals surface area contributed by atoms with E-state index in [1.54, 1.807) is 41.1 Å². The average Bonchev–Trinajstić information content (AvgIpc) is 3.03. The van der Waals surface area contributed by atoms with Crippen molar-refractivity contribution in [3.8, 4) is 0 Å². The lowest BCUT2D eigenvalue weighted by atomic mass is 9.87. The average molecular weight is 330 g/mol. The molecule has 0 saturated heterocycles. The molecule has 1 heterocycles. The van der Waals surface area contributed by atoms with Crippen LogP contribution in [0.5, 0.6) is 0 Å². The van der Waals surface area contributed by atoms with Crippen molar-refractivity contribution < 1.29 is 14.7 Å². The van der Waals surface area contributed by atoms with Gasteiger partial charge in [0.25, 0.3) is 0 Å². The highest BCUT2D eigenvalue weighted by atomic mass is 32.1. The van der Waals surface area contributed by atoms with E-state index in [-0.39, 0.29) is 11.8 Å². The summed E-state index contributed by atoms with van der Waals surface area (Å²) in [6, 6.07) is 8.77. The fourth-order valence-corrected chi connectivity index (χ4v) is 3.83. The van der Waals surface area contributed by atoms with E-state index in [4.69, 9.17) is 0 Å². The van der Waals surface area contributed by atoms with Crippen molar-refractivity contribution in [2.75, 3.05) is 0 Å². The molecule has 1 aromatic carbocycles. The topological polar surface area (TPSA) is 79.3 Å². The first kappa shape index (κ1) is 15.7. The Morgan fingerprint density at radius 1 is 1.35 bits per heavy atom. The number of amides is 1. The normalized spacial score (nSPS) is 19.4. The van der Waals surface area contributed by atoms with Crippen LogP contribution in [-0.4, -0.2) is 22.0 Å². The number of carboxylic acid groups (broad SMARTS) is 1. The molecule has 3 rings (SSSR count). The first-order valence-electron chi connectivity index (χ1n) is 7.55. The molecule has 0 radical (unpaired) electrons. The smallest absolute Gasteiger partial charge is 0.333 e. The number of carboxylic acids is 1. The molecule has 5 nitrogen and oxygen atoms in total. The number of hydrogen-bond donors (Lipinski definition) is 2. The van der Waals surface area contributed by atoms with E-state index in [2.05, 4.69) is 10.3 Å². The number of nitrogens with one attached hydrogen (secondary N) is 1. The van der Waals surface area contributed by atoms with Gasteiger partial charge in [0.05, 0.1) is 17.1 Å². The largest absolute Gasteiger partial charge is 0.479 e. The lowest BCUT2D eigenvalue weighted by Gasteiger charge is -2.30. The number of hydrogen-bond acceptors (Lipinski definition) is 4. The van der Waals surface area contributed by atoms with Crippen LogP contribution in [0, 0.1) is 0 Å². The molecule has 0 spiro atoms. The number of nitrogens with zero attached hydrogens (tertiary/aromatic N) is 1. The molecular formula is C17H18N2O3S. The van der Waals surface area contributed by atoms with Gasteiger partial charge in [-0.3, -0.25) is 4.79 Å². The van der Waals surface area contributed by atoms with Gasteiger partial charge in [-0.05, 0) is 31.7 Å². The minimum Gasteiger partial charge on any atom is -0.479 e. The van der Waals surface area contributed by atoms with Crippen LogP contribution in [0.1, 0.15) is 41.8 Å². The summed E-state index contributed by atoms with van der Waals surface area (Å²) in [5, 5.41) is 12.4. The van der Waals surface area contributed by atoms with Crippen LogP contribution in [0.15, 0.2) is 35.8 Å². The zero-order valence-electron chi connectivity index (χ0n) is 12.8. The summed E-state index contributed by atoms with van der Waals surface area (Å²) in [7, 11) is 0. The summed E-state index contributed by atoms with van der Waals surface area (Å²) >= 11 is 1.56. The Morgan fingerprint density at radius 2 is 2.09 bits per heavy atom. The van der Waals surface area contributed by atoms with Gasteiger partial charge in [0, 0.05) is 4.88 Å². The van der Waals surface area contributed by atoms with Gasteiger partial charge < -0.3 is 10.4 Å². The van der Waals surface area contributed by atoms with Crippen molar-refractivity contribution in [1.82, 2.24) is 10.3 Å². The van der Waals surface area contributed by atoms with Crippen LogP contribution in [0.4, 0.5) is 0 Å². The first-order valence-corrected chi connectivity index (χ1v) is 8.43. The molecular weight excluding hydrogens is 312 g/mol. The molecule has 6 heteroatoms. The predicted octanol–water partition coefficient (Wildman–Crippen LogP) is 2.68. The van der Waals surface area contributed by atoms with Crippen LogP contribution in [0.25, 0.3) is 0 Å². The van der Waals surface area contributed by atoms with Gasteiger partial charge >= 0.3 is 5.97 Å². The van der Waals surface area contributed by atoms with Gasteiger partial charge in [0.1, 0.15) is 0 Å². The second-order valence-electron chi connectivity index (χ2n) is 5.89. The second-order valence-corrected chi connectivity index (χ2v) is 6.83. The van der Waals surface area contributed by atoms with Gasteiger partial charge in [-0.25, -0.2) is 9.78 Å². The SMILES string of the molecule is CC(NC(=O)C1CCCc2scnc21)(C(=O)O)c1ccccc1. The number of fused-ring (bicyclic) bond motifs is 1. The number of carbonyl (C=O) groups excluding carboxylic acids is 1. The van der Waals surface area contributed by atoms with E-state index in [1.807, 2.05) is 6.07 Å². The third-order valence-corrected chi connectivity index (χ3v) is 5.28. The predicted molar refractivity (Wildman–Crippen MR) is 87.4 cm³/mol. The quantitative estimate of drug-likeness (QED) is 0.903. The Bertz CT molecular complexity index is 728. The van der Waals surface area contributed by atoms with E-state index in [9.17, 15) is 14.7 Å². The molecule has 120 valence electrons. The van der Waals surface area contributed by atoms with Crippen molar-refractivity contribution in [2.24, 2.45) is 0 Å². The molecule has 23 heavy (non-hydrogen) atoms. The summed E-state index contributed by atoms with van der Waals surface area (Å²) in [6.07, 6.45) is 2.56. The Labute approximate surface area is 138 Å². The minimum atomic E-state index is -1.45. The van der Waals surface area contributed by atoms with E-state index in [0.29, 0.717) is 12.0 Å². The first-order chi connectivity index (χ1) is 11.0. The maximum atomic E-state index is 12.7. The van der Waals surface area contributed by atoms with Gasteiger partial charge in [0.15, 0.2) is 5.54 Å². The molecule has 1 amide bonds. The Balaban J connectivity index is 1.88. The molecule has 2 aromatic rings. The molecule has 0 aliphatic heterocycles. The van der Waals surface area contributed by atoms with Gasteiger partial charge in [-0.1, -0.05) is 30.3 Å². The van der Waals surface area contributed by atoms with Crippen LogP contribution in [-0.2, 0) is 21.5 Å². The van der Waals surface area contributed by atoms with Crippen molar-refractivity contribution >= 4 is 23.2 Å². The molecule has 0 fully saturated rings.